The molecule has 2 aliphatic rings. The second kappa shape index (κ2) is 9.95. The van der Waals surface area contributed by atoms with Gasteiger partial charge in [-0.05, 0) is 67.9 Å². The van der Waals surface area contributed by atoms with Crippen LogP contribution >= 0.6 is 0 Å². The summed E-state index contributed by atoms with van der Waals surface area (Å²) in [6, 6.07) is 9.96. The number of nitrogens with zero attached hydrogens (tertiary/aromatic N) is 5. The van der Waals surface area contributed by atoms with E-state index in [1.807, 2.05) is 16.8 Å². The van der Waals surface area contributed by atoms with Crippen LogP contribution in [0.15, 0.2) is 42.6 Å². The first-order valence-corrected chi connectivity index (χ1v) is 12.1. The van der Waals surface area contributed by atoms with Gasteiger partial charge in [-0.1, -0.05) is 6.42 Å². The van der Waals surface area contributed by atoms with E-state index in [0.717, 1.165) is 48.3 Å². The van der Waals surface area contributed by atoms with Crippen molar-refractivity contribution in [3.8, 4) is 22.4 Å². The third kappa shape index (κ3) is 5.09. The van der Waals surface area contributed by atoms with Gasteiger partial charge < -0.3 is 10.2 Å². The van der Waals surface area contributed by atoms with E-state index in [2.05, 4.69) is 15.2 Å². The van der Waals surface area contributed by atoms with Crippen molar-refractivity contribution < 1.29 is 14.0 Å². The van der Waals surface area contributed by atoms with Gasteiger partial charge in [0.05, 0.1) is 25.3 Å². The van der Waals surface area contributed by atoms with Gasteiger partial charge >= 0.3 is 0 Å². The summed E-state index contributed by atoms with van der Waals surface area (Å²) in [5, 5.41) is 7.76. The number of rotatable bonds is 5. The highest BCUT2D eigenvalue weighted by molar-refractivity contribution is 5.92. The van der Waals surface area contributed by atoms with Crippen molar-refractivity contribution in [3.05, 3.63) is 54.1 Å². The van der Waals surface area contributed by atoms with Crippen LogP contribution in [0.2, 0.25) is 0 Å². The molecule has 4 heterocycles. The van der Waals surface area contributed by atoms with Gasteiger partial charge in [0, 0.05) is 30.8 Å². The number of nitrogens with one attached hydrogen (secondary N) is 1. The number of hydrogen-bond acceptors (Lipinski definition) is 5. The molecule has 1 fully saturated rings. The van der Waals surface area contributed by atoms with Crippen LogP contribution in [0.3, 0.4) is 0 Å². The molecule has 35 heavy (non-hydrogen) atoms. The number of anilines is 1. The quantitative estimate of drug-likeness (QED) is 0.609. The van der Waals surface area contributed by atoms with E-state index < -0.39 is 0 Å². The third-order valence-corrected chi connectivity index (χ3v) is 6.67. The van der Waals surface area contributed by atoms with E-state index in [9.17, 15) is 14.0 Å². The highest BCUT2D eigenvalue weighted by Gasteiger charge is 2.27. The van der Waals surface area contributed by atoms with Crippen molar-refractivity contribution in [1.29, 1.82) is 0 Å². The second-order valence-electron chi connectivity index (χ2n) is 9.16. The smallest absolute Gasteiger partial charge is 0.239 e. The molecule has 2 amide bonds. The molecule has 5 rings (SSSR count). The summed E-state index contributed by atoms with van der Waals surface area (Å²) >= 11 is 0. The first-order valence-electron chi connectivity index (χ1n) is 12.1. The molecule has 0 aliphatic carbocycles. The van der Waals surface area contributed by atoms with Gasteiger partial charge in [-0.2, -0.15) is 5.10 Å². The lowest BCUT2D eigenvalue weighted by molar-refractivity contribution is -0.130. The van der Waals surface area contributed by atoms with E-state index in [4.69, 9.17) is 5.10 Å². The van der Waals surface area contributed by atoms with E-state index >= 15 is 0 Å². The first kappa shape index (κ1) is 23.2. The number of benzene rings is 1. The molecule has 2 aliphatic heterocycles. The van der Waals surface area contributed by atoms with Crippen LogP contribution in [0.1, 0.15) is 31.9 Å². The SMILES string of the molecule is CC(=O)N1CCn2nc(-c3ccc(F)cc3)c(-c3ccnc(NC(=O)CN4CCCCC4)c3)c2C1. The van der Waals surface area contributed by atoms with Gasteiger partial charge in [-0.3, -0.25) is 19.2 Å². The maximum Gasteiger partial charge on any atom is 0.239 e. The molecular weight excluding hydrogens is 447 g/mol. The molecule has 0 unspecified atom stereocenters. The lowest BCUT2D eigenvalue weighted by Crippen LogP contribution is -2.37. The number of pyridine rings is 1. The normalized spacial score (nSPS) is 16.1. The summed E-state index contributed by atoms with van der Waals surface area (Å²) in [4.78, 5) is 33.1. The van der Waals surface area contributed by atoms with Crippen LogP contribution in [0.4, 0.5) is 10.2 Å². The van der Waals surface area contributed by atoms with Gasteiger partial charge in [0.15, 0.2) is 0 Å². The van der Waals surface area contributed by atoms with Crippen molar-refractivity contribution in [2.24, 2.45) is 0 Å². The number of aromatic nitrogens is 3. The number of carbonyl (C=O) groups is 2. The predicted molar refractivity (Wildman–Crippen MR) is 131 cm³/mol. The number of amides is 2. The lowest BCUT2D eigenvalue weighted by Gasteiger charge is -2.27. The summed E-state index contributed by atoms with van der Waals surface area (Å²) in [5.41, 5.74) is 4.09. The predicted octanol–water partition coefficient (Wildman–Crippen LogP) is 3.54. The Hall–Kier alpha value is -3.59. The Balaban J connectivity index is 1.48. The molecule has 1 aromatic carbocycles. The number of piperidine rings is 1. The van der Waals surface area contributed by atoms with Crippen LogP contribution in [0, 0.1) is 5.82 Å². The maximum atomic E-state index is 13.6. The average molecular weight is 477 g/mol. The number of carbonyl (C=O) groups excluding carboxylic acids is 2. The standard InChI is InChI=1S/C26H29FN6O2/c1-18(34)32-13-14-33-22(16-32)25(26(30-33)19-5-7-21(27)8-6-19)20-9-10-28-23(15-20)29-24(35)17-31-11-3-2-4-12-31/h5-10,15H,2-4,11-14,16-17H2,1H3,(H,28,29,35). The van der Waals surface area contributed by atoms with Crippen LogP contribution in [0.25, 0.3) is 22.4 Å². The van der Waals surface area contributed by atoms with Gasteiger partial charge in [0.2, 0.25) is 11.8 Å². The Morgan fingerprint density at radius 2 is 1.77 bits per heavy atom. The van der Waals surface area contributed by atoms with Crippen LogP contribution in [-0.4, -0.2) is 62.6 Å². The summed E-state index contributed by atoms with van der Waals surface area (Å²) in [6.45, 7) is 5.39. The van der Waals surface area contributed by atoms with Crippen LogP contribution in [-0.2, 0) is 22.7 Å². The largest absolute Gasteiger partial charge is 0.335 e. The van der Waals surface area contributed by atoms with Crippen LogP contribution in [0.5, 0.6) is 0 Å². The molecular formula is C26H29FN6O2. The molecule has 0 bridgehead atoms. The average Bonchev–Trinajstić information content (AvgIpc) is 3.24. The monoisotopic (exact) mass is 476 g/mol. The van der Waals surface area contributed by atoms with Crippen molar-refractivity contribution in [2.75, 3.05) is 31.5 Å². The minimum absolute atomic E-state index is 0.00660. The molecule has 3 aromatic rings. The van der Waals surface area contributed by atoms with Crippen molar-refractivity contribution in [1.82, 2.24) is 24.6 Å². The fourth-order valence-corrected chi connectivity index (χ4v) is 4.86. The minimum Gasteiger partial charge on any atom is -0.335 e. The highest BCUT2D eigenvalue weighted by Crippen LogP contribution is 2.37. The zero-order valence-electron chi connectivity index (χ0n) is 19.8. The molecule has 0 atom stereocenters. The fourth-order valence-electron chi connectivity index (χ4n) is 4.86. The van der Waals surface area contributed by atoms with Gasteiger partial charge in [-0.25, -0.2) is 9.37 Å². The van der Waals surface area contributed by atoms with E-state index in [1.54, 1.807) is 30.2 Å². The Kier molecular flexibility index (Phi) is 6.59. The minimum atomic E-state index is -0.315. The molecule has 0 spiro atoms. The van der Waals surface area contributed by atoms with E-state index in [1.165, 1.54) is 18.6 Å². The molecule has 2 aromatic heterocycles. The Labute approximate surface area is 203 Å². The molecule has 1 N–H and O–H groups in total. The molecule has 0 radical (unpaired) electrons. The molecule has 9 heteroatoms. The summed E-state index contributed by atoms with van der Waals surface area (Å²) in [5.74, 6) is 0.0700. The molecule has 8 nitrogen and oxygen atoms in total. The van der Waals surface area contributed by atoms with Crippen molar-refractivity contribution in [3.63, 3.8) is 0 Å². The van der Waals surface area contributed by atoms with E-state index in [0.29, 0.717) is 37.7 Å². The third-order valence-electron chi connectivity index (χ3n) is 6.67. The zero-order chi connectivity index (χ0) is 24.4. The van der Waals surface area contributed by atoms with Gasteiger partial charge in [0.1, 0.15) is 17.3 Å². The van der Waals surface area contributed by atoms with Crippen molar-refractivity contribution in [2.45, 2.75) is 39.3 Å². The maximum absolute atomic E-state index is 13.6. The molecule has 0 saturated carbocycles. The molecule has 182 valence electrons. The number of hydrogen-bond donors (Lipinski definition) is 1. The van der Waals surface area contributed by atoms with Gasteiger partial charge in [-0.15, -0.1) is 0 Å². The lowest BCUT2D eigenvalue weighted by atomic mass is 9.98. The highest BCUT2D eigenvalue weighted by atomic mass is 19.1. The number of likely N-dealkylation sites (tertiary alicyclic amines) is 1. The second-order valence-corrected chi connectivity index (χ2v) is 9.16. The summed E-state index contributed by atoms with van der Waals surface area (Å²) in [6.07, 6.45) is 5.12. The number of fused-ring (bicyclic) bond motifs is 1. The van der Waals surface area contributed by atoms with Crippen molar-refractivity contribution >= 4 is 17.6 Å². The molecule has 1 saturated heterocycles. The van der Waals surface area contributed by atoms with Crippen LogP contribution < -0.4 is 5.32 Å². The first-order chi connectivity index (χ1) is 17.0. The fraction of sp³-hybridized carbons (Fsp3) is 0.385. The summed E-state index contributed by atoms with van der Waals surface area (Å²) in [7, 11) is 0. The topological polar surface area (TPSA) is 83.4 Å². The Morgan fingerprint density at radius 3 is 2.51 bits per heavy atom. The van der Waals surface area contributed by atoms with E-state index in [-0.39, 0.29) is 17.6 Å². The van der Waals surface area contributed by atoms with Gasteiger partial charge in [0.25, 0.3) is 0 Å². The Bertz CT molecular complexity index is 1230. The summed E-state index contributed by atoms with van der Waals surface area (Å²) < 4.78 is 15.5. The number of halogens is 1. The zero-order valence-corrected chi connectivity index (χ0v) is 19.8. The Morgan fingerprint density at radius 1 is 1.00 bits per heavy atom.